The van der Waals surface area contributed by atoms with E-state index in [1.54, 1.807) is 0 Å². The zero-order valence-electron chi connectivity index (χ0n) is 6.18. The third-order valence-electron chi connectivity index (χ3n) is 1.05. The SMILES string of the molecule is CNCNCCCC(=O)O. The summed E-state index contributed by atoms with van der Waals surface area (Å²) in [6, 6.07) is 0. The lowest BCUT2D eigenvalue weighted by Crippen LogP contribution is -2.26. The summed E-state index contributed by atoms with van der Waals surface area (Å²) in [4.78, 5) is 9.99. The number of hydrogen-bond donors (Lipinski definition) is 3. The number of aliphatic carboxylic acids is 1. The van der Waals surface area contributed by atoms with Crippen LogP contribution in [-0.4, -0.2) is 31.3 Å². The van der Waals surface area contributed by atoms with Gasteiger partial charge in [-0.05, 0) is 20.0 Å². The average molecular weight is 146 g/mol. The molecule has 0 saturated heterocycles. The van der Waals surface area contributed by atoms with E-state index in [0.717, 1.165) is 13.2 Å². The van der Waals surface area contributed by atoms with E-state index in [0.29, 0.717) is 6.42 Å². The van der Waals surface area contributed by atoms with Gasteiger partial charge in [-0.3, -0.25) is 4.79 Å². The molecule has 4 heteroatoms. The monoisotopic (exact) mass is 146 g/mol. The molecule has 0 aromatic carbocycles. The molecule has 0 aromatic heterocycles. The summed E-state index contributed by atoms with van der Waals surface area (Å²) in [5, 5.41) is 14.1. The summed E-state index contributed by atoms with van der Waals surface area (Å²) in [7, 11) is 1.84. The van der Waals surface area contributed by atoms with Crippen molar-refractivity contribution in [2.75, 3.05) is 20.3 Å². The highest BCUT2D eigenvalue weighted by atomic mass is 16.4. The van der Waals surface area contributed by atoms with Gasteiger partial charge in [0.15, 0.2) is 0 Å². The van der Waals surface area contributed by atoms with Crippen LogP contribution in [0.15, 0.2) is 0 Å². The Morgan fingerprint density at radius 2 is 2.30 bits per heavy atom. The second-order valence-corrected chi connectivity index (χ2v) is 2.03. The van der Waals surface area contributed by atoms with Crippen LogP contribution in [0.2, 0.25) is 0 Å². The highest BCUT2D eigenvalue weighted by Crippen LogP contribution is 1.84. The molecule has 10 heavy (non-hydrogen) atoms. The zero-order valence-corrected chi connectivity index (χ0v) is 6.18. The highest BCUT2D eigenvalue weighted by Gasteiger charge is 1.93. The van der Waals surface area contributed by atoms with E-state index >= 15 is 0 Å². The van der Waals surface area contributed by atoms with Gasteiger partial charge in [0.05, 0.1) is 0 Å². The van der Waals surface area contributed by atoms with E-state index in [9.17, 15) is 4.79 Å². The van der Waals surface area contributed by atoms with Crippen LogP contribution >= 0.6 is 0 Å². The van der Waals surface area contributed by atoms with Crippen LogP contribution in [0.3, 0.4) is 0 Å². The molecule has 0 rings (SSSR count). The van der Waals surface area contributed by atoms with Gasteiger partial charge in [-0.2, -0.15) is 0 Å². The Hall–Kier alpha value is -0.610. The zero-order chi connectivity index (χ0) is 7.82. The van der Waals surface area contributed by atoms with Crippen molar-refractivity contribution in [3.05, 3.63) is 0 Å². The third kappa shape index (κ3) is 7.39. The number of hydrogen-bond acceptors (Lipinski definition) is 3. The summed E-state index contributed by atoms with van der Waals surface area (Å²) in [5.74, 6) is -0.730. The quantitative estimate of drug-likeness (QED) is 0.353. The van der Waals surface area contributed by atoms with E-state index in [2.05, 4.69) is 10.6 Å². The van der Waals surface area contributed by atoms with Gasteiger partial charge in [0.2, 0.25) is 0 Å². The summed E-state index contributed by atoms with van der Waals surface area (Å²) in [6.07, 6.45) is 0.938. The van der Waals surface area contributed by atoms with Crippen LogP contribution in [0.5, 0.6) is 0 Å². The Morgan fingerprint density at radius 1 is 1.60 bits per heavy atom. The lowest BCUT2D eigenvalue weighted by Gasteiger charge is -2.00. The standard InChI is InChI=1S/C6H14N2O2/c1-7-5-8-4-2-3-6(9)10/h7-8H,2-5H2,1H3,(H,9,10). The number of carboxylic acids is 1. The molecule has 60 valence electrons. The minimum atomic E-state index is -0.730. The first-order valence-electron chi connectivity index (χ1n) is 3.34. The smallest absolute Gasteiger partial charge is 0.303 e. The lowest BCUT2D eigenvalue weighted by molar-refractivity contribution is -0.137. The fourth-order valence-corrected chi connectivity index (χ4v) is 0.578. The number of nitrogens with one attached hydrogen (secondary N) is 2. The predicted octanol–water partition coefficient (Wildman–Crippen LogP) is -0.382. The van der Waals surface area contributed by atoms with Crippen molar-refractivity contribution in [1.29, 1.82) is 0 Å². The molecule has 0 heterocycles. The lowest BCUT2D eigenvalue weighted by atomic mass is 10.3. The first kappa shape index (κ1) is 9.39. The molecule has 0 aliphatic rings. The van der Waals surface area contributed by atoms with Crippen LogP contribution in [0.4, 0.5) is 0 Å². The predicted molar refractivity (Wildman–Crippen MR) is 38.8 cm³/mol. The van der Waals surface area contributed by atoms with E-state index in [-0.39, 0.29) is 6.42 Å². The largest absolute Gasteiger partial charge is 0.481 e. The summed E-state index contributed by atoms with van der Waals surface area (Å²) < 4.78 is 0. The van der Waals surface area contributed by atoms with Gasteiger partial charge in [-0.25, -0.2) is 0 Å². The normalized spacial score (nSPS) is 9.70. The Bertz CT molecular complexity index is 95.7. The van der Waals surface area contributed by atoms with Gasteiger partial charge in [0, 0.05) is 13.1 Å². The van der Waals surface area contributed by atoms with Crippen LogP contribution in [0, 0.1) is 0 Å². The maximum absolute atomic E-state index is 9.99. The van der Waals surface area contributed by atoms with Gasteiger partial charge in [0.1, 0.15) is 0 Å². The number of carboxylic acid groups (broad SMARTS) is 1. The van der Waals surface area contributed by atoms with Crippen LogP contribution < -0.4 is 10.6 Å². The molecule has 0 spiro atoms. The molecular weight excluding hydrogens is 132 g/mol. The molecular formula is C6H14N2O2. The van der Waals surface area contributed by atoms with Crippen LogP contribution in [0.25, 0.3) is 0 Å². The van der Waals surface area contributed by atoms with Gasteiger partial charge in [-0.1, -0.05) is 0 Å². The van der Waals surface area contributed by atoms with Crippen molar-refractivity contribution < 1.29 is 9.90 Å². The van der Waals surface area contributed by atoms with Gasteiger partial charge < -0.3 is 15.7 Å². The van der Waals surface area contributed by atoms with E-state index in [1.807, 2.05) is 7.05 Å². The second kappa shape index (κ2) is 6.51. The molecule has 0 aromatic rings. The molecule has 0 fully saturated rings. The van der Waals surface area contributed by atoms with Crippen LogP contribution in [0.1, 0.15) is 12.8 Å². The first-order chi connectivity index (χ1) is 4.77. The average Bonchev–Trinajstić information content (AvgIpc) is 1.87. The fraction of sp³-hybridized carbons (Fsp3) is 0.833. The molecule has 0 aliphatic heterocycles. The molecule has 3 N–H and O–H groups in total. The third-order valence-corrected chi connectivity index (χ3v) is 1.05. The molecule has 0 saturated carbocycles. The molecule has 0 aliphatic carbocycles. The number of rotatable bonds is 6. The van der Waals surface area contributed by atoms with Crippen LogP contribution in [-0.2, 0) is 4.79 Å². The van der Waals surface area contributed by atoms with E-state index in [1.165, 1.54) is 0 Å². The molecule has 4 nitrogen and oxygen atoms in total. The Kier molecular flexibility index (Phi) is 6.11. The maximum atomic E-state index is 9.99. The van der Waals surface area contributed by atoms with Crippen molar-refractivity contribution in [3.8, 4) is 0 Å². The maximum Gasteiger partial charge on any atom is 0.303 e. The Balaban J connectivity index is 2.84. The van der Waals surface area contributed by atoms with E-state index in [4.69, 9.17) is 5.11 Å². The van der Waals surface area contributed by atoms with Gasteiger partial charge >= 0.3 is 5.97 Å². The van der Waals surface area contributed by atoms with Crippen molar-refractivity contribution >= 4 is 5.97 Å². The van der Waals surface area contributed by atoms with Crippen molar-refractivity contribution in [2.24, 2.45) is 0 Å². The van der Waals surface area contributed by atoms with Crippen molar-refractivity contribution in [1.82, 2.24) is 10.6 Å². The van der Waals surface area contributed by atoms with Crippen molar-refractivity contribution in [2.45, 2.75) is 12.8 Å². The van der Waals surface area contributed by atoms with Gasteiger partial charge in [0.25, 0.3) is 0 Å². The van der Waals surface area contributed by atoms with Crippen molar-refractivity contribution in [3.63, 3.8) is 0 Å². The molecule has 0 atom stereocenters. The Labute approximate surface area is 60.6 Å². The molecule has 0 bridgehead atoms. The topological polar surface area (TPSA) is 61.4 Å². The first-order valence-corrected chi connectivity index (χ1v) is 3.34. The Morgan fingerprint density at radius 3 is 2.80 bits per heavy atom. The second-order valence-electron chi connectivity index (χ2n) is 2.03. The summed E-state index contributed by atoms with van der Waals surface area (Å²) >= 11 is 0. The molecule has 0 radical (unpaired) electrons. The summed E-state index contributed by atoms with van der Waals surface area (Å²) in [5.41, 5.74) is 0. The molecule has 0 amide bonds. The highest BCUT2D eigenvalue weighted by molar-refractivity contribution is 5.66. The molecule has 0 unspecified atom stereocenters. The number of carbonyl (C=O) groups is 1. The fourth-order valence-electron chi connectivity index (χ4n) is 0.578. The van der Waals surface area contributed by atoms with E-state index < -0.39 is 5.97 Å². The van der Waals surface area contributed by atoms with Gasteiger partial charge in [-0.15, -0.1) is 0 Å². The minimum Gasteiger partial charge on any atom is -0.481 e. The summed E-state index contributed by atoms with van der Waals surface area (Å²) in [6.45, 7) is 1.49. The minimum absolute atomic E-state index is 0.247.